The van der Waals surface area contributed by atoms with Gasteiger partial charge in [-0.05, 0) is 80.3 Å². The van der Waals surface area contributed by atoms with E-state index in [0.717, 1.165) is 11.8 Å². The van der Waals surface area contributed by atoms with Crippen LogP contribution in [-0.2, 0) is 0 Å². The Labute approximate surface area is 131 Å². The maximum absolute atomic E-state index is 2.66. The number of hydrogen-bond donors (Lipinski definition) is 0. The van der Waals surface area contributed by atoms with Crippen molar-refractivity contribution in [1.29, 1.82) is 0 Å². The molecule has 0 spiro atoms. The first kappa shape index (κ1) is 16.5. The Morgan fingerprint density at radius 2 is 1.76 bits per heavy atom. The van der Waals surface area contributed by atoms with Crippen LogP contribution in [0.3, 0.4) is 0 Å². The van der Waals surface area contributed by atoms with E-state index in [-0.39, 0.29) is 0 Å². The maximum atomic E-state index is 2.66. The number of piperidine rings is 1. The van der Waals surface area contributed by atoms with Crippen molar-refractivity contribution in [1.82, 2.24) is 4.90 Å². The molecule has 1 aromatic rings. The van der Waals surface area contributed by atoms with Crippen molar-refractivity contribution < 1.29 is 0 Å². The minimum absolute atomic E-state index is 0.636. The Balaban J connectivity index is 1.91. The van der Waals surface area contributed by atoms with E-state index < -0.39 is 0 Å². The molecule has 1 aliphatic rings. The van der Waals surface area contributed by atoms with Crippen LogP contribution in [0.4, 0.5) is 0 Å². The third kappa shape index (κ3) is 4.57. The molecule has 0 amide bonds. The molecular formula is C20H33N. The van der Waals surface area contributed by atoms with Gasteiger partial charge in [0.05, 0.1) is 0 Å². The van der Waals surface area contributed by atoms with Crippen molar-refractivity contribution in [3.8, 4) is 0 Å². The van der Waals surface area contributed by atoms with Crippen molar-refractivity contribution in [3.63, 3.8) is 0 Å². The summed E-state index contributed by atoms with van der Waals surface area (Å²) in [4.78, 5) is 2.66. The number of likely N-dealkylation sites (tertiary alicyclic amines) is 1. The Morgan fingerprint density at radius 3 is 2.29 bits per heavy atom. The van der Waals surface area contributed by atoms with Gasteiger partial charge < -0.3 is 4.90 Å². The first-order valence-electron chi connectivity index (χ1n) is 8.80. The quantitative estimate of drug-likeness (QED) is 0.706. The van der Waals surface area contributed by atoms with Gasteiger partial charge in [0.15, 0.2) is 0 Å². The van der Waals surface area contributed by atoms with Gasteiger partial charge in [0, 0.05) is 0 Å². The molecule has 0 atom stereocenters. The molecule has 0 saturated carbocycles. The van der Waals surface area contributed by atoms with Crippen molar-refractivity contribution in [2.45, 2.75) is 65.7 Å². The monoisotopic (exact) mass is 287 g/mol. The highest BCUT2D eigenvalue weighted by atomic mass is 15.1. The van der Waals surface area contributed by atoms with Gasteiger partial charge in [-0.2, -0.15) is 0 Å². The number of hydrogen-bond acceptors (Lipinski definition) is 1. The van der Waals surface area contributed by atoms with Crippen LogP contribution in [0.5, 0.6) is 0 Å². The average Bonchev–Trinajstić information content (AvgIpc) is 2.45. The molecule has 1 heterocycles. The van der Waals surface area contributed by atoms with Gasteiger partial charge in [-0.3, -0.25) is 0 Å². The van der Waals surface area contributed by atoms with Crippen LogP contribution in [0.25, 0.3) is 0 Å². The molecule has 1 fully saturated rings. The lowest BCUT2D eigenvalue weighted by Gasteiger charge is -2.33. The Morgan fingerprint density at radius 1 is 1.10 bits per heavy atom. The molecule has 1 aromatic carbocycles. The molecule has 0 bridgehead atoms. The second-order valence-electron chi connectivity index (χ2n) is 7.57. The predicted octanol–water partition coefficient (Wildman–Crippen LogP) is 5.34. The van der Waals surface area contributed by atoms with Gasteiger partial charge in [0.1, 0.15) is 0 Å². The summed E-state index contributed by atoms with van der Waals surface area (Å²) in [5, 5.41) is 0. The summed E-state index contributed by atoms with van der Waals surface area (Å²) in [7, 11) is 0. The van der Waals surface area contributed by atoms with Crippen LogP contribution < -0.4 is 0 Å². The third-order valence-electron chi connectivity index (χ3n) is 5.00. The SMILES string of the molecule is Cc1cc(C2CCN(CCC(C)C)CC2)ccc1C(C)C. The zero-order valence-corrected chi connectivity index (χ0v) is 14.7. The first-order valence-corrected chi connectivity index (χ1v) is 8.80. The third-order valence-corrected chi connectivity index (χ3v) is 5.00. The van der Waals surface area contributed by atoms with E-state index in [1.165, 1.54) is 50.0 Å². The molecule has 0 radical (unpaired) electrons. The smallest absolute Gasteiger partial charge is 0.00129 e. The molecule has 1 nitrogen and oxygen atoms in total. The van der Waals surface area contributed by atoms with Crippen LogP contribution in [-0.4, -0.2) is 24.5 Å². The van der Waals surface area contributed by atoms with Crippen molar-refractivity contribution in [2.24, 2.45) is 5.92 Å². The Kier molecular flexibility index (Phi) is 5.87. The summed E-state index contributed by atoms with van der Waals surface area (Å²) in [5.41, 5.74) is 4.55. The molecule has 2 rings (SSSR count). The van der Waals surface area contributed by atoms with Crippen LogP contribution in [0.1, 0.15) is 75.5 Å². The molecule has 0 aliphatic carbocycles. The summed E-state index contributed by atoms with van der Waals surface area (Å²) in [6.07, 6.45) is 4.00. The highest BCUT2D eigenvalue weighted by Gasteiger charge is 2.21. The fourth-order valence-electron chi connectivity index (χ4n) is 3.53. The zero-order chi connectivity index (χ0) is 15.4. The van der Waals surface area contributed by atoms with E-state index >= 15 is 0 Å². The van der Waals surface area contributed by atoms with Crippen LogP contribution in [0, 0.1) is 12.8 Å². The minimum Gasteiger partial charge on any atom is -0.303 e. The second kappa shape index (κ2) is 7.45. The number of nitrogens with zero attached hydrogens (tertiary/aromatic N) is 1. The summed E-state index contributed by atoms with van der Waals surface area (Å²) in [5.74, 6) is 2.24. The minimum atomic E-state index is 0.636. The van der Waals surface area contributed by atoms with Gasteiger partial charge in [0.25, 0.3) is 0 Å². The zero-order valence-electron chi connectivity index (χ0n) is 14.7. The molecule has 1 saturated heterocycles. The van der Waals surface area contributed by atoms with Gasteiger partial charge in [0.2, 0.25) is 0 Å². The molecule has 118 valence electrons. The lowest BCUT2D eigenvalue weighted by Crippen LogP contribution is -2.34. The highest BCUT2D eigenvalue weighted by molar-refractivity contribution is 5.35. The molecule has 1 heteroatoms. The topological polar surface area (TPSA) is 3.24 Å². The standard InChI is InChI=1S/C20H33N/c1-15(2)8-11-21-12-9-18(10-13-21)19-6-7-20(16(3)4)17(5)14-19/h6-7,14-16,18H,8-13H2,1-5H3. The summed E-state index contributed by atoms with van der Waals surface area (Å²) < 4.78 is 0. The van der Waals surface area contributed by atoms with E-state index in [0.29, 0.717) is 5.92 Å². The first-order chi connectivity index (χ1) is 9.97. The summed E-state index contributed by atoms with van der Waals surface area (Å²) >= 11 is 0. The second-order valence-corrected chi connectivity index (χ2v) is 7.57. The molecule has 0 aromatic heterocycles. The molecule has 0 unspecified atom stereocenters. The van der Waals surface area contributed by atoms with E-state index in [1.54, 1.807) is 5.56 Å². The van der Waals surface area contributed by atoms with Gasteiger partial charge in [-0.15, -0.1) is 0 Å². The normalized spacial score (nSPS) is 17.9. The van der Waals surface area contributed by atoms with Crippen LogP contribution >= 0.6 is 0 Å². The largest absolute Gasteiger partial charge is 0.303 e. The summed E-state index contributed by atoms with van der Waals surface area (Å²) in [6.45, 7) is 15.3. The lowest BCUT2D eigenvalue weighted by atomic mass is 9.86. The van der Waals surface area contributed by atoms with Gasteiger partial charge >= 0.3 is 0 Å². The van der Waals surface area contributed by atoms with E-state index in [9.17, 15) is 0 Å². The Hall–Kier alpha value is -0.820. The van der Waals surface area contributed by atoms with Crippen molar-refractivity contribution in [2.75, 3.05) is 19.6 Å². The summed E-state index contributed by atoms with van der Waals surface area (Å²) in [6, 6.07) is 7.20. The fraction of sp³-hybridized carbons (Fsp3) is 0.700. The molecule has 0 N–H and O–H groups in total. The number of benzene rings is 1. The maximum Gasteiger partial charge on any atom is -0.00129 e. The molecule has 21 heavy (non-hydrogen) atoms. The van der Waals surface area contributed by atoms with Gasteiger partial charge in [-0.1, -0.05) is 45.9 Å². The molecule has 1 aliphatic heterocycles. The van der Waals surface area contributed by atoms with E-state index in [1.807, 2.05) is 0 Å². The highest BCUT2D eigenvalue weighted by Crippen LogP contribution is 2.30. The van der Waals surface area contributed by atoms with Crippen molar-refractivity contribution in [3.05, 3.63) is 34.9 Å². The number of aryl methyl sites for hydroxylation is 1. The fourth-order valence-corrected chi connectivity index (χ4v) is 3.53. The van der Waals surface area contributed by atoms with E-state index in [4.69, 9.17) is 0 Å². The average molecular weight is 287 g/mol. The Bertz CT molecular complexity index is 439. The predicted molar refractivity (Wildman–Crippen MR) is 93.1 cm³/mol. The van der Waals surface area contributed by atoms with Gasteiger partial charge in [-0.25, -0.2) is 0 Å². The molecular weight excluding hydrogens is 254 g/mol. The van der Waals surface area contributed by atoms with Crippen molar-refractivity contribution >= 4 is 0 Å². The van der Waals surface area contributed by atoms with Crippen LogP contribution in [0.15, 0.2) is 18.2 Å². The number of rotatable bonds is 5. The lowest BCUT2D eigenvalue weighted by molar-refractivity contribution is 0.202. The van der Waals surface area contributed by atoms with Crippen LogP contribution in [0.2, 0.25) is 0 Å². The van der Waals surface area contributed by atoms with E-state index in [2.05, 4.69) is 57.7 Å².